The van der Waals surface area contributed by atoms with Gasteiger partial charge in [0.15, 0.2) is 0 Å². The minimum atomic E-state index is -0.295. The lowest BCUT2D eigenvalue weighted by Crippen LogP contribution is -2.24. The lowest BCUT2D eigenvalue weighted by molar-refractivity contribution is 0.349. The van der Waals surface area contributed by atoms with Gasteiger partial charge in [-0.15, -0.1) is 0 Å². The highest BCUT2D eigenvalue weighted by molar-refractivity contribution is 5.40. The number of hydrogen-bond donors (Lipinski definition) is 2. The third-order valence-electron chi connectivity index (χ3n) is 7.74. The van der Waals surface area contributed by atoms with Gasteiger partial charge >= 0.3 is 0 Å². The summed E-state index contributed by atoms with van der Waals surface area (Å²) in [5, 5.41) is 0. The van der Waals surface area contributed by atoms with Crippen molar-refractivity contribution in [1.29, 1.82) is 0 Å². The molecule has 4 aromatic heterocycles. The topological polar surface area (TPSA) is 57.9 Å². The van der Waals surface area contributed by atoms with Crippen LogP contribution in [0.1, 0.15) is 101 Å². The van der Waals surface area contributed by atoms with Crippen LogP contribution in [0.4, 0.5) is 0 Å². The first kappa shape index (κ1) is 21.0. The first-order valence-electron chi connectivity index (χ1n) is 11.5. The summed E-state index contributed by atoms with van der Waals surface area (Å²) in [7, 11) is 0. The number of rotatable bonds is 0. The molecule has 0 saturated heterocycles. The molecule has 4 nitrogen and oxygen atoms in total. The van der Waals surface area contributed by atoms with Crippen LogP contribution in [-0.2, 0) is 21.7 Å². The molecule has 4 heteroatoms. The van der Waals surface area contributed by atoms with Gasteiger partial charge in [-0.3, -0.25) is 0 Å². The van der Waals surface area contributed by atoms with Gasteiger partial charge in [-0.05, 0) is 104 Å². The van der Waals surface area contributed by atoms with Crippen molar-refractivity contribution < 1.29 is 8.83 Å². The van der Waals surface area contributed by atoms with Crippen molar-refractivity contribution in [2.45, 2.75) is 77.0 Å². The van der Waals surface area contributed by atoms with Crippen LogP contribution in [0.5, 0.6) is 0 Å². The van der Waals surface area contributed by atoms with E-state index < -0.39 is 0 Å². The number of fused-ring (bicyclic) bond motifs is 8. The molecule has 5 heterocycles. The Labute approximate surface area is 190 Å². The molecule has 2 N–H and O–H groups in total. The third-order valence-corrected chi connectivity index (χ3v) is 7.74. The zero-order valence-corrected chi connectivity index (χ0v) is 20.4. The van der Waals surface area contributed by atoms with Gasteiger partial charge < -0.3 is 18.8 Å². The minimum absolute atomic E-state index is 0.295. The van der Waals surface area contributed by atoms with Gasteiger partial charge in [-0.2, -0.15) is 0 Å². The van der Waals surface area contributed by atoms with Crippen molar-refractivity contribution in [3.63, 3.8) is 0 Å². The molecule has 168 valence electrons. The zero-order chi connectivity index (χ0) is 23.1. The summed E-state index contributed by atoms with van der Waals surface area (Å²) in [5.74, 6) is 3.80. The lowest BCUT2D eigenvalue weighted by Gasteiger charge is -2.27. The van der Waals surface area contributed by atoms with Crippen molar-refractivity contribution in [3.05, 3.63) is 94.3 Å². The Balaban J connectivity index is 1.76. The first-order chi connectivity index (χ1) is 14.8. The van der Waals surface area contributed by atoms with Gasteiger partial charge in [-0.25, -0.2) is 0 Å². The molecule has 0 saturated carbocycles. The monoisotopic (exact) mass is 430 g/mol. The van der Waals surface area contributed by atoms with E-state index in [1.165, 1.54) is 0 Å². The van der Waals surface area contributed by atoms with Crippen LogP contribution < -0.4 is 0 Å². The summed E-state index contributed by atoms with van der Waals surface area (Å²) in [6.45, 7) is 17.6. The number of hydrogen-bond acceptors (Lipinski definition) is 2. The van der Waals surface area contributed by atoms with Gasteiger partial charge in [-0.1, -0.05) is 0 Å². The van der Waals surface area contributed by atoms with Crippen LogP contribution in [0.25, 0.3) is 0 Å². The van der Waals surface area contributed by atoms with E-state index in [0.717, 1.165) is 45.8 Å². The Kier molecular flexibility index (Phi) is 4.16. The summed E-state index contributed by atoms with van der Waals surface area (Å²) < 4.78 is 13.0. The maximum atomic E-state index is 6.52. The second-order valence-corrected chi connectivity index (χ2v) is 11.4. The fourth-order valence-electron chi connectivity index (χ4n) is 4.80. The normalized spacial score (nSPS) is 20.2. The summed E-state index contributed by atoms with van der Waals surface area (Å²) in [6, 6.07) is 17.2. The highest BCUT2D eigenvalue weighted by atomic mass is 16.3. The van der Waals surface area contributed by atoms with Crippen molar-refractivity contribution in [2.75, 3.05) is 0 Å². The molecule has 32 heavy (non-hydrogen) atoms. The van der Waals surface area contributed by atoms with Crippen molar-refractivity contribution in [2.24, 2.45) is 0 Å². The van der Waals surface area contributed by atoms with Crippen LogP contribution in [0.3, 0.4) is 0 Å². The van der Waals surface area contributed by atoms with Crippen LogP contribution in [0.2, 0.25) is 0 Å². The van der Waals surface area contributed by atoms with Gasteiger partial charge in [0, 0.05) is 22.8 Å². The maximum Gasteiger partial charge on any atom is 0.115 e. The molecular weight excluding hydrogens is 396 g/mol. The maximum absolute atomic E-state index is 6.52. The van der Waals surface area contributed by atoms with E-state index >= 15 is 0 Å². The standard InChI is InChI=1S/C28H34N2O2/c1-25(2)17-9-10-18(29-17)26(3,4)23-15-16-24(32-23)28(7,8)20-12-11-19(30-20)27(5,6)22-14-13-21(25)31-22/h9-16,29-30H,1-8H3. The highest BCUT2D eigenvalue weighted by Gasteiger charge is 2.38. The predicted octanol–water partition coefficient (Wildman–Crippen LogP) is 7.15. The SMILES string of the molecule is CC1(C)c2ccc([nH]2)C(C)(C)c2ccc(o2)C(C)(C)c2ccc([nH]2)C(C)(C)c2ccc1o2. The van der Waals surface area contributed by atoms with E-state index in [2.05, 4.69) is 114 Å². The molecule has 8 bridgehead atoms. The molecule has 5 rings (SSSR count). The van der Waals surface area contributed by atoms with Crippen LogP contribution in [0.15, 0.2) is 57.4 Å². The molecule has 4 aromatic rings. The van der Waals surface area contributed by atoms with E-state index in [4.69, 9.17) is 8.83 Å². The molecule has 0 unspecified atom stereocenters. The number of aromatic nitrogens is 2. The minimum Gasteiger partial charge on any atom is -0.464 e. The molecule has 0 atom stereocenters. The smallest absolute Gasteiger partial charge is 0.115 e. The molecule has 0 spiro atoms. The summed E-state index contributed by atoms with van der Waals surface area (Å²) >= 11 is 0. The fourth-order valence-corrected chi connectivity index (χ4v) is 4.80. The average Bonchev–Trinajstić information content (AvgIpc) is 3.53. The predicted molar refractivity (Wildman–Crippen MR) is 128 cm³/mol. The Morgan fingerprint density at radius 2 is 0.625 bits per heavy atom. The fraction of sp³-hybridized carbons (Fsp3) is 0.429. The number of nitrogens with one attached hydrogen (secondary N) is 2. The van der Waals surface area contributed by atoms with Crippen molar-refractivity contribution >= 4 is 0 Å². The number of H-pyrrole nitrogens is 2. The average molecular weight is 431 g/mol. The molecule has 0 aliphatic carbocycles. The van der Waals surface area contributed by atoms with E-state index in [-0.39, 0.29) is 21.7 Å². The van der Waals surface area contributed by atoms with E-state index in [1.54, 1.807) is 0 Å². The molecule has 0 amide bonds. The lowest BCUT2D eigenvalue weighted by atomic mass is 9.86. The van der Waals surface area contributed by atoms with Crippen molar-refractivity contribution in [3.8, 4) is 0 Å². The number of aromatic amines is 2. The van der Waals surface area contributed by atoms with E-state index in [1.807, 2.05) is 0 Å². The van der Waals surface area contributed by atoms with Gasteiger partial charge in [0.1, 0.15) is 23.0 Å². The quantitative estimate of drug-likeness (QED) is 0.311. The molecule has 0 aromatic carbocycles. The number of furan rings is 2. The van der Waals surface area contributed by atoms with Crippen molar-refractivity contribution in [1.82, 2.24) is 9.97 Å². The Morgan fingerprint density at radius 1 is 0.406 bits per heavy atom. The van der Waals surface area contributed by atoms with Crippen LogP contribution >= 0.6 is 0 Å². The molecule has 0 fully saturated rings. The van der Waals surface area contributed by atoms with Gasteiger partial charge in [0.05, 0.1) is 21.7 Å². The van der Waals surface area contributed by atoms with Crippen LogP contribution in [0, 0.1) is 0 Å². The van der Waals surface area contributed by atoms with E-state index in [0.29, 0.717) is 0 Å². The zero-order valence-electron chi connectivity index (χ0n) is 20.4. The molecule has 1 aliphatic rings. The highest BCUT2D eigenvalue weighted by Crippen LogP contribution is 2.42. The summed E-state index contributed by atoms with van der Waals surface area (Å²) in [5.41, 5.74) is 3.32. The molecule has 1 aliphatic heterocycles. The second-order valence-electron chi connectivity index (χ2n) is 11.4. The second kappa shape index (κ2) is 6.34. The molecule has 0 radical (unpaired) electrons. The first-order valence-corrected chi connectivity index (χ1v) is 11.5. The Hall–Kier alpha value is -2.88. The largest absolute Gasteiger partial charge is 0.464 e. The third kappa shape index (κ3) is 2.81. The van der Waals surface area contributed by atoms with E-state index in [9.17, 15) is 0 Å². The van der Waals surface area contributed by atoms with Gasteiger partial charge in [0.25, 0.3) is 0 Å². The van der Waals surface area contributed by atoms with Gasteiger partial charge in [0.2, 0.25) is 0 Å². The summed E-state index contributed by atoms with van der Waals surface area (Å²) in [6.07, 6.45) is 0. The Bertz CT molecular complexity index is 1000. The summed E-state index contributed by atoms with van der Waals surface area (Å²) in [4.78, 5) is 7.38. The Morgan fingerprint density at radius 3 is 0.844 bits per heavy atom. The van der Waals surface area contributed by atoms with Crippen LogP contribution in [-0.4, -0.2) is 9.97 Å². The molecular formula is C28H34N2O2.